The molecule has 1 aromatic carbocycles. The van der Waals surface area contributed by atoms with Crippen LogP contribution >= 0.6 is 0 Å². The van der Waals surface area contributed by atoms with Crippen LogP contribution in [0.5, 0.6) is 0 Å². The molecule has 0 bridgehead atoms. The Hall–Kier alpha value is -1.51. The highest BCUT2D eigenvalue weighted by molar-refractivity contribution is 5.74. The largest absolute Gasteiger partial charge is 0.334 e. The van der Waals surface area contributed by atoms with Gasteiger partial charge in [0.2, 0.25) is 0 Å². The third-order valence-corrected chi connectivity index (χ3v) is 5.06. The van der Waals surface area contributed by atoms with Crippen LogP contribution in [-0.2, 0) is 6.54 Å². The van der Waals surface area contributed by atoms with Crippen LogP contribution in [0.4, 0.5) is 4.79 Å². The molecular formula is C17H24N2O. The van der Waals surface area contributed by atoms with Gasteiger partial charge < -0.3 is 10.2 Å². The van der Waals surface area contributed by atoms with Gasteiger partial charge in [0.15, 0.2) is 0 Å². The van der Waals surface area contributed by atoms with Gasteiger partial charge in [-0.3, -0.25) is 0 Å². The maximum absolute atomic E-state index is 12.2. The number of rotatable bonds is 2. The summed E-state index contributed by atoms with van der Waals surface area (Å²) in [5.41, 5.74) is 1.74. The maximum atomic E-state index is 12.2. The highest BCUT2D eigenvalue weighted by atomic mass is 16.2. The molecule has 0 aromatic heterocycles. The molecule has 108 valence electrons. The third kappa shape index (κ3) is 2.97. The molecule has 1 heterocycles. The van der Waals surface area contributed by atoms with Crippen molar-refractivity contribution in [2.75, 3.05) is 13.1 Å². The van der Waals surface area contributed by atoms with E-state index in [1.807, 2.05) is 35.2 Å². The average molecular weight is 272 g/mol. The van der Waals surface area contributed by atoms with Gasteiger partial charge in [-0.1, -0.05) is 43.2 Å². The smallest absolute Gasteiger partial charge is 0.317 e. The van der Waals surface area contributed by atoms with Crippen molar-refractivity contribution in [3.8, 4) is 0 Å². The number of carbonyl (C=O) groups is 1. The van der Waals surface area contributed by atoms with Crippen LogP contribution in [-0.4, -0.2) is 24.0 Å². The lowest BCUT2D eigenvalue weighted by molar-refractivity contribution is 0.120. The minimum Gasteiger partial charge on any atom is -0.334 e. The zero-order chi connectivity index (χ0) is 13.8. The lowest BCUT2D eigenvalue weighted by Gasteiger charge is -2.39. The highest BCUT2D eigenvalue weighted by Crippen LogP contribution is 2.46. The molecule has 1 saturated heterocycles. The lowest BCUT2D eigenvalue weighted by atomic mass is 9.77. The van der Waals surface area contributed by atoms with Crippen LogP contribution in [0.3, 0.4) is 0 Å². The first-order chi connectivity index (χ1) is 9.77. The Morgan fingerprint density at radius 1 is 1.05 bits per heavy atom. The molecule has 1 aliphatic heterocycles. The second-order valence-corrected chi connectivity index (χ2v) is 6.34. The Bertz CT molecular complexity index is 441. The number of carbonyl (C=O) groups excluding carboxylic acids is 1. The normalized spacial score (nSPS) is 21.1. The van der Waals surface area contributed by atoms with E-state index in [9.17, 15) is 4.79 Å². The summed E-state index contributed by atoms with van der Waals surface area (Å²) in [6, 6.07) is 10.2. The quantitative estimate of drug-likeness (QED) is 0.877. The third-order valence-electron chi connectivity index (χ3n) is 5.06. The molecule has 3 rings (SSSR count). The minimum absolute atomic E-state index is 0.0988. The van der Waals surface area contributed by atoms with Crippen molar-refractivity contribution < 1.29 is 4.79 Å². The zero-order valence-corrected chi connectivity index (χ0v) is 12.1. The summed E-state index contributed by atoms with van der Waals surface area (Å²) >= 11 is 0. The number of benzene rings is 1. The molecule has 0 radical (unpaired) electrons. The Labute approximate surface area is 121 Å². The van der Waals surface area contributed by atoms with Gasteiger partial charge in [0.05, 0.1) is 0 Å². The lowest BCUT2D eigenvalue weighted by Crippen LogP contribution is -2.46. The van der Waals surface area contributed by atoms with Crippen molar-refractivity contribution in [1.29, 1.82) is 0 Å². The van der Waals surface area contributed by atoms with E-state index in [-0.39, 0.29) is 6.03 Å². The first kappa shape index (κ1) is 13.5. The predicted octanol–water partition coefficient (Wildman–Crippen LogP) is 3.55. The minimum atomic E-state index is 0.0988. The van der Waals surface area contributed by atoms with Gasteiger partial charge in [-0.05, 0) is 36.7 Å². The molecular weight excluding hydrogens is 248 g/mol. The Balaban J connectivity index is 1.47. The highest BCUT2D eigenvalue weighted by Gasteiger charge is 2.37. The standard InChI is InChI=1S/C17H24N2O/c20-16(18-14-15-6-2-1-3-7-15)19-12-10-17(11-13-19)8-4-5-9-17/h1-3,6-7H,4-5,8-14H2,(H,18,20). The van der Waals surface area contributed by atoms with Gasteiger partial charge >= 0.3 is 6.03 Å². The summed E-state index contributed by atoms with van der Waals surface area (Å²) in [6.07, 6.45) is 7.94. The first-order valence-corrected chi connectivity index (χ1v) is 7.84. The van der Waals surface area contributed by atoms with E-state index >= 15 is 0 Å². The van der Waals surface area contributed by atoms with E-state index in [2.05, 4.69) is 5.32 Å². The van der Waals surface area contributed by atoms with Crippen molar-refractivity contribution >= 4 is 6.03 Å². The average Bonchev–Trinajstić information content (AvgIpc) is 2.95. The number of hydrogen-bond donors (Lipinski definition) is 1. The van der Waals surface area contributed by atoms with Crippen LogP contribution < -0.4 is 5.32 Å². The number of nitrogens with one attached hydrogen (secondary N) is 1. The fourth-order valence-electron chi connectivity index (χ4n) is 3.69. The van der Waals surface area contributed by atoms with E-state index in [0.717, 1.165) is 18.7 Å². The molecule has 20 heavy (non-hydrogen) atoms. The van der Waals surface area contributed by atoms with Crippen LogP contribution in [0.2, 0.25) is 0 Å². The predicted molar refractivity (Wildman–Crippen MR) is 80.4 cm³/mol. The maximum Gasteiger partial charge on any atom is 0.317 e. The molecule has 1 N–H and O–H groups in total. The number of urea groups is 1. The SMILES string of the molecule is O=C(NCc1ccccc1)N1CCC2(CCCC2)CC1. The second kappa shape index (κ2) is 5.86. The zero-order valence-electron chi connectivity index (χ0n) is 12.1. The molecule has 1 saturated carbocycles. The number of piperidine rings is 1. The molecule has 2 amide bonds. The second-order valence-electron chi connectivity index (χ2n) is 6.34. The molecule has 2 fully saturated rings. The molecule has 0 unspecified atom stereocenters. The molecule has 3 nitrogen and oxygen atoms in total. The molecule has 0 atom stereocenters. The Morgan fingerprint density at radius 2 is 1.70 bits per heavy atom. The molecule has 2 aliphatic rings. The summed E-state index contributed by atoms with van der Waals surface area (Å²) in [6.45, 7) is 2.49. The fourth-order valence-corrected chi connectivity index (χ4v) is 3.69. The van der Waals surface area contributed by atoms with Gasteiger partial charge in [-0.25, -0.2) is 4.79 Å². The van der Waals surface area contributed by atoms with Crippen LogP contribution in [0.1, 0.15) is 44.1 Å². The first-order valence-electron chi connectivity index (χ1n) is 7.84. The van der Waals surface area contributed by atoms with Crippen LogP contribution in [0, 0.1) is 5.41 Å². The molecule has 1 aliphatic carbocycles. The number of nitrogens with zero attached hydrogens (tertiary/aromatic N) is 1. The summed E-state index contributed by atoms with van der Waals surface area (Å²) in [5.74, 6) is 0. The van der Waals surface area contributed by atoms with Gasteiger partial charge in [0, 0.05) is 19.6 Å². The van der Waals surface area contributed by atoms with Crippen molar-refractivity contribution in [3.05, 3.63) is 35.9 Å². The number of amides is 2. The van der Waals surface area contributed by atoms with Gasteiger partial charge in [0.25, 0.3) is 0 Å². The van der Waals surface area contributed by atoms with Crippen molar-refractivity contribution in [2.24, 2.45) is 5.41 Å². The van der Waals surface area contributed by atoms with Crippen molar-refractivity contribution in [3.63, 3.8) is 0 Å². The Morgan fingerprint density at radius 3 is 2.35 bits per heavy atom. The van der Waals surface area contributed by atoms with Crippen LogP contribution in [0.25, 0.3) is 0 Å². The fraction of sp³-hybridized carbons (Fsp3) is 0.588. The summed E-state index contributed by atoms with van der Waals surface area (Å²) in [4.78, 5) is 14.2. The summed E-state index contributed by atoms with van der Waals surface area (Å²) in [5, 5.41) is 3.03. The van der Waals surface area contributed by atoms with E-state index in [0.29, 0.717) is 12.0 Å². The summed E-state index contributed by atoms with van der Waals surface area (Å²) in [7, 11) is 0. The summed E-state index contributed by atoms with van der Waals surface area (Å²) < 4.78 is 0. The van der Waals surface area contributed by atoms with E-state index < -0.39 is 0 Å². The molecule has 1 spiro atoms. The molecule has 3 heteroatoms. The van der Waals surface area contributed by atoms with Crippen molar-refractivity contribution in [1.82, 2.24) is 10.2 Å². The number of likely N-dealkylation sites (tertiary alicyclic amines) is 1. The van der Waals surface area contributed by atoms with E-state index in [4.69, 9.17) is 0 Å². The van der Waals surface area contributed by atoms with E-state index in [1.54, 1.807) is 0 Å². The topological polar surface area (TPSA) is 32.3 Å². The van der Waals surface area contributed by atoms with Crippen LogP contribution in [0.15, 0.2) is 30.3 Å². The van der Waals surface area contributed by atoms with Crippen molar-refractivity contribution in [2.45, 2.75) is 45.1 Å². The van der Waals surface area contributed by atoms with Gasteiger partial charge in [-0.2, -0.15) is 0 Å². The van der Waals surface area contributed by atoms with Gasteiger partial charge in [-0.15, -0.1) is 0 Å². The Kier molecular flexibility index (Phi) is 3.95. The number of hydrogen-bond acceptors (Lipinski definition) is 1. The molecule has 1 aromatic rings. The monoisotopic (exact) mass is 272 g/mol. The van der Waals surface area contributed by atoms with E-state index in [1.165, 1.54) is 38.5 Å². The van der Waals surface area contributed by atoms with Gasteiger partial charge in [0.1, 0.15) is 0 Å².